The minimum atomic E-state index is 0.409. The van der Waals surface area contributed by atoms with Gasteiger partial charge in [0, 0.05) is 25.6 Å². The molecule has 0 aromatic carbocycles. The van der Waals surface area contributed by atoms with Crippen molar-refractivity contribution in [3.05, 3.63) is 0 Å². The summed E-state index contributed by atoms with van der Waals surface area (Å²) in [5.41, 5.74) is 0.409. The molecule has 1 unspecified atom stereocenters. The lowest BCUT2D eigenvalue weighted by Gasteiger charge is -2.40. The predicted octanol–water partition coefficient (Wildman–Crippen LogP) is 1.98. The van der Waals surface area contributed by atoms with E-state index in [1.54, 1.807) is 0 Å². The van der Waals surface area contributed by atoms with Crippen molar-refractivity contribution >= 4 is 0 Å². The number of nitrogens with zero attached hydrogens (tertiary/aromatic N) is 1. The molecule has 0 saturated carbocycles. The highest BCUT2D eigenvalue weighted by Crippen LogP contribution is 2.33. The second-order valence-corrected chi connectivity index (χ2v) is 6.71. The molecule has 18 heavy (non-hydrogen) atoms. The van der Waals surface area contributed by atoms with Crippen molar-refractivity contribution in [2.24, 2.45) is 17.3 Å². The number of rotatable bonds is 5. The molecule has 2 saturated heterocycles. The van der Waals surface area contributed by atoms with Crippen molar-refractivity contribution in [2.75, 3.05) is 46.4 Å². The number of hydrogen-bond acceptors (Lipinski definition) is 3. The Morgan fingerprint density at radius 1 is 1.33 bits per heavy atom. The highest BCUT2D eigenvalue weighted by molar-refractivity contribution is 4.90. The molecule has 3 heteroatoms. The highest BCUT2D eigenvalue weighted by atomic mass is 16.5. The van der Waals surface area contributed by atoms with Crippen molar-refractivity contribution in [3.8, 4) is 0 Å². The summed E-state index contributed by atoms with van der Waals surface area (Å²) in [6.07, 6.45) is 3.92. The van der Waals surface area contributed by atoms with Crippen molar-refractivity contribution in [2.45, 2.75) is 33.1 Å². The molecule has 3 nitrogen and oxygen atoms in total. The standard InChI is InChI=1S/C15H30N2O/c1-13(2)14-4-9-17(10-14)11-15(12-18-3)5-7-16-8-6-15/h13-14,16H,4-12H2,1-3H3. The monoisotopic (exact) mass is 254 g/mol. The summed E-state index contributed by atoms with van der Waals surface area (Å²) in [6, 6.07) is 0. The highest BCUT2D eigenvalue weighted by Gasteiger charge is 2.36. The molecule has 2 rings (SSSR count). The smallest absolute Gasteiger partial charge is 0.0531 e. The van der Waals surface area contributed by atoms with Gasteiger partial charge in [0.05, 0.1) is 6.61 Å². The fraction of sp³-hybridized carbons (Fsp3) is 1.00. The molecule has 106 valence electrons. The van der Waals surface area contributed by atoms with E-state index in [4.69, 9.17) is 4.74 Å². The maximum absolute atomic E-state index is 5.51. The molecular weight excluding hydrogens is 224 g/mol. The zero-order valence-corrected chi connectivity index (χ0v) is 12.4. The fourth-order valence-corrected chi connectivity index (χ4v) is 3.64. The van der Waals surface area contributed by atoms with Crippen molar-refractivity contribution in [3.63, 3.8) is 0 Å². The molecule has 0 amide bonds. The van der Waals surface area contributed by atoms with Gasteiger partial charge in [-0.1, -0.05) is 13.8 Å². The van der Waals surface area contributed by atoms with Crippen LogP contribution in [0, 0.1) is 17.3 Å². The summed E-state index contributed by atoms with van der Waals surface area (Å²) < 4.78 is 5.51. The maximum Gasteiger partial charge on any atom is 0.0531 e. The lowest BCUT2D eigenvalue weighted by Crippen LogP contribution is -2.46. The molecule has 2 fully saturated rings. The van der Waals surface area contributed by atoms with Crippen LogP contribution < -0.4 is 5.32 Å². The van der Waals surface area contributed by atoms with Gasteiger partial charge in [-0.05, 0) is 50.7 Å². The van der Waals surface area contributed by atoms with E-state index in [-0.39, 0.29) is 0 Å². The normalized spacial score (nSPS) is 29.0. The average Bonchev–Trinajstić information content (AvgIpc) is 2.79. The Hall–Kier alpha value is -0.120. The van der Waals surface area contributed by atoms with Crippen LogP contribution in [0.4, 0.5) is 0 Å². The number of methoxy groups -OCH3 is 1. The number of ether oxygens (including phenoxy) is 1. The van der Waals surface area contributed by atoms with Crippen molar-refractivity contribution < 1.29 is 4.74 Å². The molecule has 0 aromatic heterocycles. The van der Waals surface area contributed by atoms with Crippen LogP contribution >= 0.6 is 0 Å². The molecule has 0 radical (unpaired) electrons. The van der Waals surface area contributed by atoms with Crippen molar-refractivity contribution in [1.82, 2.24) is 10.2 Å². The summed E-state index contributed by atoms with van der Waals surface area (Å²) in [5.74, 6) is 1.74. The summed E-state index contributed by atoms with van der Waals surface area (Å²) in [5, 5.41) is 3.48. The molecule has 2 aliphatic rings. The van der Waals surface area contributed by atoms with Gasteiger partial charge in [-0.2, -0.15) is 0 Å². The molecule has 0 spiro atoms. The molecular formula is C15H30N2O. The van der Waals surface area contributed by atoms with E-state index in [2.05, 4.69) is 24.1 Å². The first-order valence-electron chi connectivity index (χ1n) is 7.57. The molecule has 0 bridgehead atoms. The second-order valence-electron chi connectivity index (χ2n) is 6.71. The Morgan fingerprint density at radius 3 is 2.61 bits per heavy atom. The third kappa shape index (κ3) is 3.46. The summed E-state index contributed by atoms with van der Waals surface area (Å²) in [4.78, 5) is 2.69. The van der Waals surface area contributed by atoms with Gasteiger partial charge in [0.15, 0.2) is 0 Å². The SMILES string of the molecule is COCC1(CN2CCC(C(C)C)C2)CCNCC1. The Labute approximate surface area is 112 Å². The van der Waals surface area contributed by atoms with Gasteiger partial charge < -0.3 is 15.0 Å². The van der Waals surface area contributed by atoms with Crippen LogP contribution in [0.3, 0.4) is 0 Å². The molecule has 2 heterocycles. The molecule has 0 aromatic rings. The van der Waals surface area contributed by atoms with Crippen molar-refractivity contribution in [1.29, 1.82) is 0 Å². The Bertz CT molecular complexity index is 243. The van der Waals surface area contributed by atoms with E-state index in [9.17, 15) is 0 Å². The lowest BCUT2D eigenvalue weighted by molar-refractivity contribution is 0.0268. The number of likely N-dealkylation sites (tertiary alicyclic amines) is 1. The molecule has 0 aliphatic carbocycles. The van der Waals surface area contributed by atoms with Crippen LogP contribution in [0.25, 0.3) is 0 Å². The van der Waals surface area contributed by atoms with Gasteiger partial charge in [0.1, 0.15) is 0 Å². The molecule has 1 atom stereocenters. The average molecular weight is 254 g/mol. The quantitative estimate of drug-likeness (QED) is 0.812. The Kier molecular flexibility index (Phi) is 5.05. The number of nitrogens with one attached hydrogen (secondary N) is 1. The third-order valence-electron chi connectivity index (χ3n) is 4.93. The fourth-order valence-electron chi connectivity index (χ4n) is 3.64. The van der Waals surface area contributed by atoms with E-state index in [1.165, 1.54) is 38.9 Å². The van der Waals surface area contributed by atoms with Crippen LogP contribution in [0.1, 0.15) is 33.1 Å². The first-order chi connectivity index (χ1) is 8.65. The zero-order chi connectivity index (χ0) is 13.0. The first kappa shape index (κ1) is 14.3. The van der Waals surface area contributed by atoms with Crippen LogP contribution in [0.2, 0.25) is 0 Å². The molecule has 1 N–H and O–H groups in total. The second kappa shape index (κ2) is 6.36. The summed E-state index contributed by atoms with van der Waals surface area (Å²) >= 11 is 0. The van der Waals surface area contributed by atoms with Crippen LogP contribution in [0.15, 0.2) is 0 Å². The predicted molar refractivity (Wildman–Crippen MR) is 75.8 cm³/mol. The lowest BCUT2D eigenvalue weighted by atomic mass is 9.79. The number of piperidine rings is 1. The van der Waals surface area contributed by atoms with Gasteiger partial charge in [-0.15, -0.1) is 0 Å². The van der Waals surface area contributed by atoms with Gasteiger partial charge in [-0.3, -0.25) is 0 Å². The topological polar surface area (TPSA) is 24.5 Å². The van der Waals surface area contributed by atoms with E-state index < -0.39 is 0 Å². The molecule has 2 aliphatic heterocycles. The summed E-state index contributed by atoms with van der Waals surface area (Å²) in [6.45, 7) is 11.8. The van der Waals surface area contributed by atoms with E-state index >= 15 is 0 Å². The van der Waals surface area contributed by atoms with E-state index in [0.717, 1.165) is 31.5 Å². The van der Waals surface area contributed by atoms with Crippen LogP contribution in [0.5, 0.6) is 0 Å². The zero-order valence-electron chi connectivity index (χ0n) is 12.4. The van der Waals surface area contributed by atoms with Crippen LogP contribution in [-0.4, -0.2) is 51.3 Å². The third-order valence-corrected chi connectivity index (χ3v) is 4.93. The van der Waals surface area contributed by atoms with E-state index in [1.807, 2.05) is 7.11 Å². The summed E-state index contributed by atoms with van der Waals surface area (Å²) in [7, 11) is 1.85. The maximum atomic E-state index is 5.51. The van der Waals surface area contributed by atoms with Gasteiger partial charge in [0.25, 0.3) is 0 Å². The first-order valence-corrected chi connectivity index (χ1v) is 7.57. The van der Waals surface area contributed by atoms with Crippen LogP contribution in [-0.2, 0) is 4.74 Å². The Balaban J connectivity index is 1.89. The van der Waals surface area contributed by atoms with Gasteiger partial charge in [-0.25, -0.2) is 0 Å². The Morgan fingerprint density at radius 2 is 2.06 bits per heavy atom. The van der Waals surface area contributed by atoms with Gasteiger partial charge in [0.2, 0.25) is 0 Å². The van der Waals surface area contributed by atoms with Gasteiger partial charge >= 0.3 is 0 Å². The van der Waals surface area contributed by atoms with E-state index in [0.29, 0.717) is 5.41 Å². The minimum absolute atomic E-state index is 0.409. The number of hydrogen-bond donors (Lipinski definition) is 1. The minimum Gasteiger partial charge on any atom is -0.384 e. The largest absolute Gasteiger partial charge is 0.384 e.